The number of aromatic nitrogens is 3. The van der Waals surface area contributed by atoms with Gasteiger partial charge >= 0.3 is 0 Å². The molecule has 1 amide bonds. The zero-order valence-corrected chi connectivity index (χ0v) is 16.2. The fourth-order valence-electron chi connectivity index (χ4n) is 2.62. The molecule has 0 aliphatic heterocycles. The number of carbonyl (C=O) groups excluding carboxylic acids is 1. The molecule has 0 radical (unpaired) electrons. The molecule has 2 heterocycles. The molecule has 0 fully saturated rings. The second-order valence-electron chi connectivity index (χ2n) is 6.81. The van der Waals surface area contributed by atoms with Crippen LogP contribution < -0.4 is 5.32 Å². The van der Waals surface area contributed by atoms with Crippen molar-refractivity contribution in [2.24, 2.45) is 13.0 Å². The molecule has 0 aliphatic carbocycles. The van der Waals surface area contributed by atoms with E-state index in [0.29, 0.717) is 16.6 Å². The van der Waals surface area contributed by atoms with E-state index in [0.717, 1.165) is 17.1 Å². The Bertz CT molecular complexity index is 908. The molecular weight excluding hydrogens is 348 g/mol. The standard InChI is InChI=1S/C20H23ClN4O/c1-13(2)14(3)22-20(26)19-12-17(18-6-5-11-24(18)4)23-25(19)16-9-7-15(21)8-10-16/h5-14H,1-4H3,(H,22,26)/t14-/m1/s1. The lowest BCUT2D eigenvalue weighted by atomic mass is 10.1. The molecule has 1 N–H and O–H groups in total. The summed E-state index contributed by atoms with van der Waals surface area (Å²) in [4.78, 5) is 12.9. The second kappa shape index (κ2) is 7.38. The zero-order chi connectivity index (χ0) is 18.8. The molecule has 2 aromatic heterocycles. The monoisotopic (exact) mass is 370 g/mol. The summed E-state index contributed by atoms with van der Waals surface area (Å²) in [5, 5.41) is 8.38. The number of benzene rings is 1. The predicted octanol–water partition coefficient (Wildman–Crippen LogP) is 4.31. The van der Waals surface area contributed by atoms with Crippen molar-refractivity contribution in [3.05, 3.63) is 59.4 Å². The molecule has 5 nitrogen and oxygen atoms in total. The highest BCUT2D eigenvalue weighted by molar-refractivity contribution is 6.30. The van der Waals surface area contributed by atoms with Gasteiger partial charge in [0.15, 0.2) is 0 Å². The maximum Gasteiger partial charge on any atom is 0.270 e. The molecule has 0 aliphatic rings. The number of carbonyl (C=O) groups is 1. The van der Waals surface area contributed by atoms with Crippen molar-refractivity contribution < 1.29 is 4.79 Å². The Morgan fingerprint density at radius 2 is 1.85 bits per heavy atom. The molecule has 0 saturated heterocycles. The minimum absolute atomic E-state index is 0.0644. The van der Waals surface area contributed by atoms with Crippen LogP contribution in [0.1, 0.15) is 31.3 Å². The number of hydrogen-bond donors (Lipinski definition) is 1. The number of nitrogens with zero attached hydrogens (tertiary/aromatic N) is 3. The highest BCUT2D eigenvalue weighted by atomic mass is 35.5. The minimum atomic E-state index is -0.144. The lowest BCUT2D eigenvalue weighted by Gasteiger charge is -2.17. The first-order valence-electron chi connectivity index (χ1n) is 8.65. The van der Waals surface area contributed by atoms with Gasteiger partial charge in [0, 0.05) is 24.3 Å². The van der Waals surface area contributed by atoms with Gasteiger partial charge in [0.25, 0.3) is 5.91 Å². The van der Waals surface area contributed by atoms with Gasteiger partial charge in [-0.2, -0.15) is 5.10 Å². The van der Waals surface area contributed by atoms with Gasteiger partial charge in [-0.3, -0.25) is 4.79 Å². The summed E-state index contributed by atoms with van der Waals surface area (Å²) >= 11 is 6.00. The van der Waals surface area contributed by atoms with Crippen LogP contribution in [0.3, 0.4) is 0 Å². The van der Waals surface area contributed by atoms with Crippen molar-refractivity contribution in [2.75, 3.05) is 0 Å². The molecule has 0 saturated carbocycles. The molecule has 0 bridgehead atoms. The Hall–Kier alpha value is -2.53. The van der Waals surface area contributed by atoms with E-state index in [1.54, 1.807) is 16.8 Å². The molecule has 136 valence electrons. The van der Waals surface area contributed by atoms with Crippen molar-refractivity contribution in [1.82, 2.24) is 19.7 Å². The van der Waals surface area contributed by atoms with Gasteiger partial charge in [0.2, 0.25) is 0 Å². The predicted molar refractivity (Wildman–Crippen MR) is 105 cm³/mol. The van der Waals surface area contributed by atoms with Crippen LogP contribution in [0.15, 0.2) is 48.7 Å². The van der Waals surface area contributed by atoms with Gasteiger partial charge < -0.3 is 9.88 Å². The molecule has 1 aromatic carbocycles. The summed E-state index contributed by atoms with van der Waals surface area (Å²) < 4.78 is 3.65. The number of nitrogens with one attached hydrogen (secondary N) is 1. The van der Waals surface area contributed by atoms with Crippen LogP contribution in [0.5, 0.6) is 0 Å². The van der Waals surface area contributed by atoms with E-state index >= 15 is 0 Å². The molecule has 3 rings (SSSR count). The first-order valence-corrected chi connectivity index (χ1v) is 9.03. The highest BCUT2D eigenvalue weighted by Crippen LogP contribution is 2.23. The van der Waals surface area contributed by atoms with Crippen LogP contribution in [0, 0.1) is 5.92 Å². The van der Waals surface area contributed by atoms with E-state index in [9.17, 15) is 4.79 Å². The largest absolute Gasteiger partial charge is 0.349 e. The summed E-state index contributed by atoms with van der Waals surface area (Å²) in [7, 11) is 1.96. The van der Waals surface area contributed by atoms with Gasteiger partial charge in [-0.25, -0.2) is 4.68 Å². The van der Waals surface area contributed by atoms with E-state index in [2.05, 4.69) is 24.3 Å². The normalized spacial score (nSPS) is 12.4. The average Bonchev–Trinajstić information content (AvgIpc) is 3.21. The average molecular weight is 371 g/mol. The van der Waals surface area contributed by atoms with Gasteiger partial charge in [0.1, 0.15) is 11.4 Å². The van der Waals surface area contributed by atoms with E-state index < -0.39 is 0 Å². The number of hydrogen-bond acceptors (Lipinski definition) is 2. The first kappa shape index (κ1) is 18.3. The summed E-state index contributed by atoms with van der Waals surface area (Å²) in [5.41, 5.74) is 2.98. The van der Waals surface area contributed by atoms with Crippen molar-refractivity contribution in [1.29, 1.82) is 0 Å². The van der Waals surface area contributed by atoms with Crippen molar-refractivity contribution in [2.45, 2.75) is 26.8 Å². The van der Waals surface area contributed by atoms with Crippen LogP contribution in [0.4, 0.5) is 0 Å². The van der Waals surface area contributed by atoms with Gasteiger partial charge in [0.05, 0.1) is 11.4 Å². The van der Waals surface area contributed by atoms with E-state index in [1.807, 2.05) is 55.1 Å². The van der Waals surface area contributed by atoms with Crippen molar-refractivity contribution >= 4 is 17.5 Å². The summed E-state index contributed by atoms with van der Waals surface area (Å²) in [6, 6.07) is 13.1. The van der Waals surface area contributed by atoms with Crippen LogP contribution >= 0.6 is 11.6 Å². The Kier molecular flexibility index (Phi) is 5.18. The topological polar surface area (TPSA) is 51.9 Å². The molecule has 0 unspecified atom stereocenters. The number of aryl methyl sites for hydroxylation is 1. The van der Waals surface area contributed by atoms with Crippen LogP contribution in [0.25, 0.3) is 17.1 Å². The quantitative estimate of drug-likeness (QED) is 0.727. The fraction of sp³-hybridized carbons (Fsp3) is 0.300. The molecule has 26 heavy (non-hydrogen) atoms. The minimum Gasteiger partial charge on any atom is -0.349 e. The smallest absolute Gasteiger partial charge is 0.270 e. The Morgan fingerprint density at radius 3 is 2.42 bits per heavy atom. The molecular formula is C20H23ClN4O. The van der Waals surface area contributed by atoms with E-state index in [-0.39, 0.29) is 11.9 Å². The summed E-state index contributed by atoms with van der Waals surface area (Å²) in [6.07, 6.45) is 1.96. The lowest BCUT2D eigenvalue weighted by molar-refractivity contribution is 0.0922. The third-order valence-corrected chi connectivity index (χ3v) is 4.83. The summed E-state index contributed by atoms with van der Waals surface area (Å²) in [6.45, 7) is 6.16. The molecule has 3 aromatic rings. The van der Waals surface area contributed by atoms with Crippen molar-refractivity contribution in [3.63, 3.8) is 0 Å². The highest BCUT2D eigenvalue weighted by Gasteiger charge is 2.20. The zero-order valence-electron chi connectivity index (χ0n) is 15.4. The number of amides is 1. The number of rotatable bonds is 5. The van der Waals surface area contributed by atoms with E-state index in [1.165, 1.54) is 0 Å². The van der Waals surface area contributed by atoms with Crippen molar-refractivity contribution in [3.8, 4) is 17.1 Å². The van der Waals surface area contributed by atoms with Crippen LogP contribution in [-0.2, 0) is 7.05 Å². The lowest BCUT2D eigenvalue weighted by Crippen LogP contribution is -2.37. The third-order valence-electron chi connectivity index (χ3n) is 4.58. The van der Waals surface area contributed by atoms with Gasteiger partial charge in [-0.15, -0.1) is 0 Å². The Labute approximate surface area is 158 Å². The Morgan fingerprint density at radius 1 is 1.15 bits per heavy atom. The van der Waals surface area contributed by atoms with Crippen LogP contribution in [-0.4, -0.2) is 26.3 Å². The Balaban J connectivity index is 2.06. The summed E-state index contributed by atoms with van der Waals surface area (Å²) in [5.74, 6) is 0.201. The number of halogens is 1. The van der Waals surface area contributed by atoms with Gasteiger partial charge in [-0.05, 0) is 55.3 Å². The molecule has 0 spiro atoms. The maximum atomic E-state index is 12.9. The first-order chi connectivity index (χ1) is 12.4. The van der Waals surface area contributed by atoms with Gasteiger partial charge in [-0.1, -0.05) is 25.4 Å². The second-order valence-corrected chi connectivity index (χ2v) is 7.25. The molecule has 1 atom stereocenters. The van der Waals surface area contributed by atoms with Crippen LogP contribution in [0.2, 0.25) is 5.02 Å². The van der Waals surface area contributed by atoms with E-state index in [4.69, 9.17) is 11.6 Å². The SMILES string of the molecule is CC(C)[C@@H](C)NC(=O)c1cc(-c2cccn2C)nn1-c1ccc(Cl)cc1. The fourth-order valence-corrected chi connectivity index (χ4v) is 2.75. The maximum absolute atomic E-state index is 12.9. The molecule has 6 heteroatoms. The third kappa shape index (κ3) is 3.68.